The smallest absolute Gasteiger partial charge is 0.360 e. The van der Waals surface area contributed by atoms with Gasteiger partial charge in [-0.25, -0.2) is 18.6 Å². The molecule has 0 spiro atoms. The van der Waals surface area contributed by atoms with E-state index in [1.54, 1.807) is 0 Å². The molecule has 1 rings (SSSR count). The summed E-state index contributed by atoms with van der Waals surface area (Å²) in [5, 5.41) is 8.80. The summed E-state index contributed by atoms with van der Waals surface area (Å²) >= 11 is 5.39. The number of aromatic hydroxyl groups is 1. The van der Waals surface area contributed by atoms with Crippen molar-refractivity contribution in [1.82, 2.24) is 4.98 Å². The number of hydrogen-bond donors (Lipinski definition) is 1. The summed E-state index contributed by atoms with van der Waals surface area (Å²) in [4.78, 5) is 14.2. The van der Waals surface area contributed by atoms with Crippen molar-refractivity contribution in [3.63, 3.8) is 0 Å². The largest absolute Gasteiger partial charge is 0.505 e. The van der Waals surface area contributed by atoms with Crippen LogP contribution >= 0.6 is 11.6 Å². The van der Waals surface area contributed by atoms with Gasteiger partial charge in [0.1, 0.15) is 11.4 Å². The highest BCUT2D eigenvalue weighted by Crippen LogP contribution is 2.29. The number of rotatable bonds is 2. The van der Waals surface area contributed by atoms with E-state index in [0.29, 0.717) is 0 Å². The maximum Gasteiger partial charge on any atom is 0.360 e. The first kappa shape index (κ1) is 11.6. The van der Waals surface area contributed by atoms with Gasteiger partial charge >= 0.3 is 5.97 Å². The fourth-order valence-electron chi connectivity index (χ4n) is 0.893. The SMILES string of the molecule is COC(=O)c1nc(C(F)F)c(Cl)cc1O. The molecule has 0 atom stereocenters. The van der Waals surface area contributed by atoms with Crippen LogP contribution in [-0.2, 0) is 4.74 Å². The van der Waals surface area contributed by atoms with Crippen LogP contribution in [-0.4, -0.2) is 23.2 Å². The standard InChI is InChI=1S/C8H6ClF2NO3/c1-15-8(14)6-4(13)2-3(9)5(12-6)7(10)11/h2,7,13H,1H3. The van der Waals surface area contributed by atoms with Gasteiger partial charge in [-0.15, -0.1) is 0 Å². The van der Waals surface area contributed by atoms with Crippen molar-refractivity contribution in [2.24, 2.45) is 0 Å². The number of carbonyl (C=O) groups excluding carboxylic acids is 1. The summed E-state index contributed by atoms with van der Waals surface area (Å²) < 4.78 is 28.9. The first-order valence-electron chi connectivity index (χ1n) is 3.73. The van der Waals surface area contributed by atoms with Gasteiger partial charge in [-0.05, 0) is 0 Å². The Kier molecular flexibility index (Phi) is 3.41. The van der Waals surface area contributed by atoms with Crippen LogP contribution < -0.4 is 0 Å². The molecule has 4 nitrogen and oxygen atoms in total. The molecular formula is C8H6ClF2NO3. The molecule has 0 fully saturated rings. The first-order valence-corrected chi connectivity index (χ1v) is 4.11. The quantitative estimate of drug-likeness (QED) is 0.801. The molecule has 0 bridgehead atoms. The van der Waals surface area contributed by atoms with Crippen molar-refractivity contribution in [1.29, 1.82) is 0 Å². The highest BCUT2D eigenvalue weighted by molar-refractivity contribution is 6.31. The molecular weight excluding hydrogens is 232 g/mol. The van der Waals surface area contributed by atoms with Gasteiger partial charge in [0.25, 0.3) is 6.43 Å². The monoisotopic (exact) mass is 237 g/mol. The Labute approximate surface area is 88.4 Å². The van der Waals surface area contributed by atoms with Crippen LogP contribution in [0, 0.1) is 0 Å². The Hall–Kier alpha value is -1.43. The van der Waals surface area contributed by atoms with Crippen LogP contribution in [0.25, 0.3) is 0 Å². The number of aromatic nitrogens is 1. The second kappa shape index (κ2) is 4.39. The van der Waals surface area contributed by atoms with Crippen molar-refractivity contribution in [3.05, 3.63) is 22.5 Å². The molecule has 1 aromatic rings. The van der Waals surface area contributed by atoms with Gasteiger partial charge in [0.2, 0.25) is 0 Å². The molecule has 0 aliphatic rings. The molecule has 0 aromatic carbocycles. The predicted octanol–water partition coefficient (Wildman–Crippen LogP) is 2.16. The number of alkyl halides is 2. The molecule has 1 heterocycles. The molecule has 0 aliphatic heterocycles. The molecule has 0 saturated carbocycles. The third-order valence-corrected chi connectivity index (χ3v) is 1.87. The maximum atomic E-state index is 12.3. The lowest BCUT2D eigenvalue weighted by Gasteiger charge is -2.06. The average Bonchev–Trinajstić information content (AvgIpc) is 2.16. The Bertz CT molecular complexity index is 398. The van der Waals surface area contributed by atoms with Gasteiger partial charge < -0.3 is 9.84 Å². The van der Waals surface area contributed by atoms with E-state index in [4.69, 9.17) is 11.6 Å². The summed E-state index contributed by atoms with van der Waals surface area (Å²) in [6, 6.07) is 0.822. The highest BCUT2D eigenvalue weighted by Gasteiger charge is 2.21. The van der Waals surface area contributed by atoms with Crippen LogP contribution in [0.5, 0.6) is 5.75 Å². The predicted molar refractivity (Wildman–Crippen MR) is 47.2 cm³/mol. The van der Waals surface area contributed by atoms with Crippen LogP contribution in [0.3, 0.4) is 0 Å². The summed E-state index contributed by atoms with van der Waals surface area (Å²) in [5.74, 6) is -1.61. The maximum absolute atomic E-state index is 12.3. The first-order chi connectivity index (χ1) is 6.97. The normalized spacial score (nSPS) is 10.5. The number of carbonyl (C=O) groups is 1. The van der Waals surface area contributed by atoms with Crippen LogP contribution in [0.4, 0.5) is 8.78 Å². The zero-order valence-electron chi connectivity index (χ0n) is 7.50. The number of halogens is 3. The Morgan fingerprint density at radius 3 is 2.73 bits per heavy atom. The van der Waals surface area contributed by atoms with E-state index < -0.39 is 34.6 Å². The summed E-state index contributed by atoms with van der Waals surface area (Å²) in [5.41, 5.74) is -1.35. The second-order valence-electron chi connectivity index (χ2n) is 2.52. The van der Waals surface area contributed by atoms with E-state index in [1.165, 1.54) is 0 Å². The third kappa shape index (κ3) is 2.33. The van der Waals surface area contributed by atoms with Crippen molar-refractivity contribution >= 4 is 17.6 Å². The van der Waals surface area contributed by atoms with Gasteiger partial charge in [0, 0.05) is 6.07 Å². The lowest BCUT2D eigenvalue weighted by molar-refractivity contribution is 0.0588. The Balaban J connectivity index is 3.29. The number of nitrogens with zero attached hydrogens (tertiary/aromatic N) is 1. The number of pyridine rings is 1. The number of esters is 1. The van der Waals surface area contributed by atoms with Gasteiger partial charge in [-0.2, -0.15) is 0 Å². The number of hydrogen-bond acceptors (Lipinski definition) is 4. The molecule has 7 heteroatoms. The highest BCUT2D eigenvalue weighted by atomic mass is 35.5. The van der Waals surface area contributed by atoms with Crippen molar-refractivity contribution in [2.75, 3.05) is 7.11 Å². The van der Waals surface area contributed by atoms with E-state index in [-0.39, 0.29) is 0 Å². The molecule has 0 radical (unpaired) electrons. The van der Waals surface area contributed by atoms with E-state index in [0.717, 1.165) is 13.2 Å². The minimum Gasteiger partial charge on any atom is -0.505 e. The molecule has 0 amide bonds. The molecule has 0 saturated heterocycles. The number of ether oxygens (including phenoxy) is 1. The molecule has 1 aromatic heterocycles. The zero-order valence-corrected chi connectivity index (χ0v) is 8.26. The fraction of sp³-hybridized carbons (Fsp3) is 0.250. The minimum absolute atomic E-state index is 0.407. The van der Waals surface area contributed by atoms with Crippen LogP contribution in [0.15, 0.2) is 6.07 Å². The third-order valence-electron chi connectivity index (χ3n) is 1.57. The molecule has 0 unspecified atom stereocenters. The zero-order chi connectivity index (χ0) is 11.6. The van der Waals surface area contributed by atoms with Gasteiger partial charge in [0.05, 0.1) is 12.1 Å². The Morgan fingerprint density at radius 2 is 2.27 bits per heavy atom. The summed E-state index contributed by atoms with van der Waals surface area (Å²) in [6.07, 6.45) is -2.93. The molecule has 15 heavy (non-hydrogen) atoms. The molecule has 82 valence electrons. The van der Waals surface area contributed by atoms with Gasteiger partial charge in [-0.3, -0.25) is 0 Å². The van der Waals surface area contributed by atoms with Crippen molar-refractivity contribution in [2.45, 2.75) is 6.43 Å². The van der Waals surface area contributed by atoms with E-state index in [9.17, 15) is 18.7 Å². The van der Waals surface area contributed by atoms with Crippen LogP contribution in [0.2, 0.25) is 5.02 Å². The van der Waals surface area contributed by atoms with Gasteiger partial charge in [-0.1, -0.05) is 11.6 Å². The van der Waals surface area contributed by atoms with Crippen molar-refractivity contribution < 1.29 is 23.4 Å². The Morgan fingerprint density at radius 1 is 1.67 bits per heavy atom. The summed E-state index contributed by atoms with van der Waals surface area (Å²) in [6.45, 7) is 0. The van der Waals surface area contributed by atoms with E-state index in [1.807, 2.05) is 0 Å². The number of methoxy groups -OCH3 is 1. The minimum atomic E-state index is -2.93. The molecule has 0 aliphatic carbocycles. The van der Waals surface area contributed by atoms with E-state index in [2.05, 4.69) is 9.72 Å². The molecule has 1 N–H and O–H groups in total. The average molecular weight is 238 g/mol. The lowest BCUT2D eigenvalue weighted by atomic mass is 10.2. The topological polar surface area (TPSA) is 59.4 Å². The van der Waals surface area contributed by atoms with Crippen molar-refractivity contribution in [3.8, 4) is 5.75 Å². The summed E-state index contributed by atoms with van der Waals surface area (Å²) in [7, 11) is 1.04. The fourth-order valence-corrected chi connectivity index (χ4v) is 1.12. The van der Waals surface area contributed by atoms with Crippen LogP contribution in [0.1, 0.15) is 22.6 Å². The van der Waals surface area contributed by atoms with E-state index >= 15 is 0 Å². The van der Waals surface area contributed by atoms with Gasteiger partial charge in [0.15, 0.2) is 5.69 Å². The lowest BCUT2D eigenvalue weighted by Crippen LogP contribution is -2.07. The second-order valence-corrected chi connectivity index (χ2v) is 2.92.